The average molecular weight is 202 g/mol. The molecule has 0 aromatic heterocycles. The number of nitrogens with zero attached hydrogens (tertiary/aromatic N) is 1. The standard InChI is InChI=1S/C10H6N2OS/c13-7-3-1-2-5-4-6-9(8(5)7)12-10(14)11-6/h1-4,13H,(H,11,12,14). The molecule has 0 amide bonds. The Kier molecular flexibility index (Phi) is 1.33. The van der Waals surface area contributed by atoms with Crippen molar-refractivity contribution in [1.82, 2.24) is 5.32 Å². The number of aliphatic imine (C=N–C) groups is 1. The summed E-state index contributed by atoms with van der Waals surface area (Å²) in [6.45, 7) is 0. The van der Waals surface area contributed by atoms with Gasteiger partial charge >= 0.3 is 0 Å². The Morgan fingerprint density at radius 1 is 1.36 bits per heavy atom. The molecule has 0 bridgehead atoms. The van der Waals surface area contributed by atoms with Gasteiger partial charge < -0.3 is 10.4 Å². The van der Waals surface area contributed by atoms with E-state index in [1.54, 1.807) is 6.07 Å². The van der Waals surface area contributed by atoms with Crippen molar-refractivity contribution in [2.75, 3.05) is 0 Å². The van der Waals surface area contributed by atoms with Gasteiger partial charge in [0.15, 0.2) is 5.11 Å². The summed E-state index contributed by atoms with van der Waals surface area (Å²) in [6, 6.07) is 5.40. The highest BCUT2D eigenvalue weighted by atomic mass is 32.1. The zero-order valence-electron chi connectivity index (χ0n) is 7.11. The third-order valence-electron chi connectivity index (χ3n) is 2.32. The van der Waals surface area contributed by atoms with Gasteiger partial charge in [-0.1, -0.05) is 12.1 Å². The maximum absolute atomic E-state index is 9.68. The maximum atomic E-state index is 9.68. The highest BCUT2D eigenvalue weighted by Gasteiger charge is 2.28. The molecule has 0 spiro atoms. The molecule has 1 heterocycles. The molecule has 0 fully saturated rings. The van der Waals surface area contributed by atoms with Crippen molar-refractivity contribution in [1.29, 1.82) is 0 Å². The molecule has 3 nitrogen and oxygen atoms in total. The molecule has 3 rings (SSSR count). The first-order chi connectivity index (χ1) is 6.75. The van der Waals surface area contributed by atoms with Gasteiger partial charge in [0.25, 0.3) is 0 Å². The molecular formula is C10H6N2OS. The van der Waals surface area contributed by atoms with E-state index in [9.17, 15) is 5.11 Å². The van der Waals surface area contributed by atoms with Crippen LogP contribution in [0.4, 0.5) is 0 Å². The topological polar surface area (TPSA) is 44.6 Å². The predicted molar refractivity (Wildman–Crippen MR) is 58.4 cm³/mol. The van der Waals surface area contributed by atoms with Crippen molar-refractivity contribution in [3.05, 3.63) is 35.0 Å². The number of rotatable bonds is 0. The maximum Gasteiger partial charge on any atom is 0.197 e. The lowest BCUT2D eigenvalue weighted by Gasteiger charge is -2.00. The van der Waals surface area contributed by atoms with Gasteiger partial charge in [-0.25, -0.2) is 4.99 Å². The lowest BCUT2D eigenvalue weighted by Crippen LogP contribution is -2.12. The van der Waals surface area contributed by atoms with Gasteiger partial charge in [-0.3, -0.25) is 0 Å². The molecular weight excluding hydrogens is 196 g/mol. The van der Waals surface area contributed by atoms with E-state index < -0.39 is 0 Å². The smallest absolute Gasteiger partial charge is 0.197 e. The summed E-state index contributed by atoms with van der Waals surface area (Å²) in [4.78, 5) is 4.16. The van der Waals surface area contributed by atoms with E-state index in [4.69, 9.17) is 12.2 Å². The van der Waals surface area contributed by atoms with Crippen LogP contribution in [0, 0.1) is 0 Å². The lowest BCUT2D eigenvalue weighted by molar-refractivity contribution is 0.474. The van der Waals surface area contributed by atoms with Gasteiger partial charge in [0.2, 0.25) is 0 Å². The van der Waals surface area contributed by atoms with E-state index in [-0.39, 0.29) is 5.75 Å². The fourth-order valence-corrected chi connectivity index (χ4v) is 1.95. The van der Waals surface area contributed by atoms with Crippen LogP contribution < -0.4 is 5.32 Å². The zero-order chi connectivity index (χ0) is 9.71. The average Bonchev–Trinajstić information content (AvgIpc) is 2.60. The van der Waals surface area contributed by atoms with Gasteiger partial charge in [-0.15, -0.1) is 0 Å². The van der Waals surface area contributed by atoms with E-state index >= 15 is 0 Å². The predicted octanol–water partition coefficient (Wildman–Crippen LogP) is 1.42. The second kappa shape index (κ2) is 2.42. The van der Waals surface area contributed by atoms with Gasteiger partial charge in [-0.05, 0) is 29.9 Å². The summed E-state index contributed by atoms with van der Waals surface area (Å²) in [5.41, 5.74) is 3.39. The largest absolute Gasteiger partial charge is 0.507 e. The molecule has 4 heteroatoms. The Labute approximate surface area is 85.8 Å². The molecule has 68 valence electrons. The van der Waals surface area contributed by atoms with Crippen LogP contribution in [0.1, 0.15) is 11.1 Å². The number of phenols is 1. The molecule has 14 heavy (non-hydrogen) atoms. The molecule has 0 saturated heterocycles. The first kappa shape index (κ1) is 7.70. The van der Waals surface area contributed by atoms with Crippen LogP contribution in [0.25, 0.3) is 6.08 Å². The first-order valence-electron chi connectivity index (χ1n) is 4.20. The Balaban J connectivity index is 2.31. The van der Waals surface area contributed by atoms with Crippen LogP contribution in [0.3, 0.4) is 0 Å². The van der Waals surface area contributed by atoms with E-state index in [1.807, 2.05) is 18.2 Å². The van der Waals surface area contributed by atoms with Gasteiger partial charge in [0.05, 0.1) is 11.3 Å². The normalized spacial score (nSPS) is 17.0. The molecule has 1 aromatic rings. The third-order valence-corrected chi connectivity index (χ3v) is 2.51. The fourth-order valence-electron chi connectivity index (χ4n) is 1.75. The summed E-state index contributed by atoms with van der Waals surface area (Å²) in [6.07, 6.45) is 1.94. The number of hydrogen-bond acceptors (Lipinski definition) is 2. The Morgan fingerprint density at radius 2 is 2.21 bits per heavy atom. The minimum atomic E-state index is 0.249. The Bertz CT molecular complexity index is 517. The van der Waals surface area contributed by atoms with Crippen LogP contribution >= 0.6 is 12.2 Å². The molecule has 2 aliphatic rings. The van der Waals surface area contributed by atoms with Crippen LogP contribution in [0.2, 0.25) is 0 Å². The van der Waals surface area contributed by atoms with Crippen molar-refractivity contribution in [2.24, 2.45) is 4.99 Å². The summed E-state index contributed by atoms with van der Waals surface area (Å²) >= 11 is 4.92. The number of phenolic OH excluding ortho intramolecular Hbond substituents is 1. The number of allylic oxidation sites excluding steroid dienone is 1. The van der Waals surface area contributed by atoms with Crippen molar-refractivity contribution in [3.8, 4) is 5.75 Å². The second-order valence-electron chi connectivity index (χ2n) is 3.19. The molecule has 1 aliphatic carbocycles. The summed E-state index contributed by atoms with van der Waals surface area (Å²) in [7, 11) is 0. The van der Waals surface area contributed by atoms with Crippen LogP contribution in [0.15, 0.2) is 28.9 Å². The zero-order valence-corrected chi connectivity index (χ0v) is 7.93. The highest BCUT2D eigenvalue weighted by molar-refractivity contribution is 7.80. The lowest BCUT2D eigenvalue weighted by atomic mass is 10.1. The summed E-state index contributed by atoms with van der Waals surface area (Å²) in [5.74, 6) is 0.249. The van der Waals surface area contributed by atoms with Crippen LogP contribution in [-0.4, -0.2) is 15.9 Å². The SMILES string of the molecule is Oc1cccc2c1C1=NC(=S)NC1=C2. The molecule has 0 unspecified atom stereocenters. The number of fused-ring (bicyclic) bond motifs is 3. The molecule has 1 aliphatic heterocycles. The number of benzene rings is 1. The van der Waals surface area contributed by atoms with E-state index in [2.05, 4.69) is 10.3 Å². The van der Waals surface area contributed by atoms with Gasteiger partial charge in [0.1, 0.15) is 11.5 Å². The first-order valence-corrected chi connectivity index (χ1v) is 4.60. The molecule has 0 radical (unpaired) electrons. The van der Waals surface area contributed by atoms with Gasteiger partial charge in [-0.2, -0.15) is 0 Å². The molecule has 1 aromatic carbocycles. The highest BCUT2D eigenvalue weighted by Crippen LogP contribution is 2.33. The third kappa shape index (κ3) is 0.858. The quantitative estimate of drug-likeness (QED) is 0.625. The van der Waals surface area contributed by atoms with Crippen molar-refractivity contribution in [3.63, 3.8) is 0 Å². The van der Waals surface area contributed by atoms with E-state index in [0.29, 0.717) is 5.11 Å². The van der Waals surface area contributed by atoms with E-state index in [1.165, 1.54) is 0 Å². The Hall–Kier alpha value is -1.68. The Morgan fingerprint density at radius 3 is 3.07 bits per heavy atom. The molecule has 0 saturated carbocycles. The van der Waals surface area contributed by atoms with Crippen LogP contribution in [0.5, 0.6) is 5.75 Å². The number of aromatic hydroxyl groups is 1. The van der Waals surface area contributed by atoms with Crippen molar-refractivity contribution < 1.29 is 5.11 Å². The summed E-state index contributed by atoms with van der Waals surface area (Å²) in [5, 5.41) is 13.1. The second-order valence-corrected chi connectivity index (χ2v) is 3.58. The summed E-state index contributed by atoms with van der Waals surface area (Å²) < 4.78 is 0. The molecule has 2 N–H and O–H groups in total. The monoisotopic (exact) mass is 202 g/mol. The fraction of sp³-hybridized carbons (Fsp3) is 0. The minimum Gasteiger partial charge on any atom is -0.507 e. The minimum absolute atomic E-state index is 0.249. The van der Waals surface area contributed by atoms with Crippen molar-refractivity contribution >= 4 is 29.1 Å². The number of hydrogen-bond donors (Lipinski definition) is 2. The number of thiocarbonyl (C=S) groups is 1. The van der Waals surface area contributed by atoms with Gasteiger partial charge in [0, 0.05) is 0 Å². The molecule has 0 atom stereocenters. The number of nitrogens with one attached hydrogen (secondary N) is 1. The van der Waals surface area contributed by atoms with Crippen LogP contribution in [-0.2, 0) is 0 Å². The van der Waals surface area contributed by atoms with E-state index in [0.717, 1.165) is 22.5 Å². The van der Waals surface area contributed by atoms with Crippen molar-refractivity contribution in [2.45, 2.75) is 0 Å².